The number of carbonyl (C=O) groups excluding carboxylic acids is 3. The Hall–Kier alpha value is -3.98. The second kappa shape index (κ2) is 10.4. The Bertz CT molecular complexity index is 1530. The molecule has 13 heteroatoms. The van der Waals surface area contributed by atoms with Crippen molar-refractivity contribution in [3.63, 3.8) is 0 Å². The molecule has 11 nitrogen and oxygen atoms in total. The van der Waals surface area contributed by atoms with Gasteiger partial charge in [-0.2, -0.15) is 0 Å². The molecule has 0 aliphatic carbocycles. The number of carbonyl (C=O) groups is 3. The molecule has 0 radical (unpaired) electrons. The minimum absolute atomic E-state index is 0.0288. The number of hydrogen-bond donors (Lipinski definition) is 1. The first-order valence-electron chi connectivity index (χ1n) is 10.9. The summed E-state index contributed by atoms with van der Waals surface area (Å²) >= 11 is 5.49. The second-order valence-electron chi connectivity index (χ2n) is 8.02. The normalized spacial score (nSPS) is 15.6. The van der Waals surface area contributed by atoms with Crippen molar-refractivity contribution in [3.8, 4) is 17.2 Å². The predicted octanol–water partition coefficient (Wildman–Crippen LogP) is 4.94. The lowest BCUT2D eigenvalue weighted by molar-refractivity contribution is -0.384. The molecule has 2 aliphatic heterocycles. The van der Waals surface area contributed by atoms with Crippen LogP contribution in [0.25, 0.3) is 6.08 Å². The highest BCUT2D eigenvalue weighted by Crippen LogP contribution is 2.37. The van der Waals surface area contributed by atoms with E-state index in [4.69, 9.17) is 14.2 Å². The molecule has 2 heterocycles. The molecule has 2 aliphatic rings. The van der Waals surface area contributed by atoms with Crippen LogP contribution < -0.4 is 24.4 Å². The molecule has 38 heavy (non-hydrogen) atoms. The van der Waals surface area contributed by atoms with E-state index < -0.39 is 22.8 Å². The molecule has 0 atom stereocenters. The van der Waals surface area contributed by atoms with Gasteiger partial charge in [0.1, 0.15) is 17.9 Å². The average Bonchev–Trinajstić information content (AvgIpc) is 3.34. The summed E-state index contributed by atoms with van der Waals surface area (Å²) < 4.78 is 17.7. The molecule has 4 amide bonds. The SMILES string of the molecule is O=C1NC(=O)N(c2ccc3c(c2)OCO3)C(=O)/C1=C/c1cc(Br)c(OCc2cccc([N+](=O)[O-])c2)c(I)c1. The Kier molecular flexibility index (Phi) is 7.03. The molecule has 1 fully saturated rings. The van der Waals surface area contributed by atoms with Crippen LogP contribution in [0.3, 0.4) is 0 Å². The number of nitro benzene ring substituents is 1. The maximum absolute atomic E-state index is 13.2. The van der Waals surface area contributed by atoms with Gasteiger partial charge in [-0.3, -0.25) is 25.0 Å². The zero-order valence-corrected chi connectivity index (χ0v) is 22.8. The zero-order chi connectivity index (χ0) is 27.0. The highest BCUT2D eigenvalue weighted by Gasteiger charge is 2.37. The van der Waals surface area contributed by atoms with Crippen molar-refractivity contribution in [2.24, 2.45) is 0 Å². The molecule has 3 aromatic rings. The van der Waals surface area contributed by atoms with E-state index >= 15 is 0 Å². The Morgan fingerprint density at radius 1 is 1.11 bits per heavy atom. The molecule has 5 rings (SSSR count). The number of imide groups is 2. The lowest BCUT2D eigenvalue weighted by Crippen LogP contribution is -2.54. The van der Waals surface area contributed by atoms with Gasteiger partial charge in [-0.1, -0.05) is 12.1 Å². The number of fused-ring (bicyclic) bond motifs is 1. The first kappa shape index (κ1) is 25.7. The molecule has 3 aromatic carbocycles. The number of nitrogens with one attached hydrogen (secondary N) is 1. The number of urea groups is 1. The number of amides is 4. The van der Waals surface area contributed by atoms with Crippen molar-refractivity contribution in [1.82, 2.24) is 5.32 Å². The van der Waals surface area contributed by atoms with Gasteiger partial charge in [-0.25, -0.2) is 9.69 Å². The van der Waals surface area contributed by atoms with Gasteiger partial charge in [0, 0.05) is 18.2 Å². The lowest BCUT2D eigenvalue weighted by atomic mass is 10.1. The van der Waals surface area contributed by atoms with E-state index in [2.05, 4.69) is 21.2 Å². The lowest BCUT2D eigenvalue weighted by Gasteiger charge is -2.26. The number of nitrogens with zero attached hydrogens (tertiary/aromatic N) is 2. The summed E-state index contributed by atoms with van der Waals surface area (Å²) in [5, 5.41) is 13.2. The number of benzene rings is 3. The molecule has 1 saturated heterocycles. The zero-order valence-electron chi connectivity index (χ0n) is 19.1. The highest BCUT2D eigenvalue weighted by molar-refractivity contribution is 14.1. The quantitative estimate of drug-likeness (QED) is 0.126. The number of non-ortho nitro benzene ring substituents is 1. The fourth-order valence-electron chi connectivity index (χ4n) is 3.80. The summed E-state index contributed by atoms with van der Waals surface area (Å²) in [6.45, 7) is 0.116. The minimum atomic E-state index is -0.878. The summed E-state index contributed by atoms with van der Waals surface area (Å²) in [6, 6.07) is 13.2. The number of nitro groups is 1. The smallest absolute Gasteiger partial charge is 0.335 e. The molecule has 0 aromatic heterocycles. The van der Waals surface area contributed by atoms with Gasteiger partial charge in [-0.15, -0.1) is 0 Å². The molecule has 0 spiro atoms. The number of hydrogen-bond acceptors (Lipinski definition) is 8. The van der Waals surface area contributed by atoms with Crippen molar-refractivity contribution in [1.29, 1.82) is 0 Å². The predicted molar refractivity (Wildman–Crippen MR) is 146 cm³/mol. The van der Waals surface area contributed by atoms with Crippen LogP contribution in [0.5, 0.6) is 17.2 Å². The van der Waals surface area contributed by atoms with Gasteiger partial charge >= 0.3 is 6.03 Å². The van der Waals surface area contributed by atoms with Gasteiger partial charge < -0.3 is 14.2 Å². The maximum Gasteiger partial charge on any atom is 0.335 e. The third-order valence-electron chi connectivity index (χ3n) is 5.55. The van der Waals surface area contributed by atoms with Crippen molar-refractivity contribution >= 4 is 73.8 Å². The number of rotatable bonds is 6. The third kappa shape index (κ3) is 5.06. The topological polar surface area (TPSA) is 137 Å². The van der Waals surface area contributed by atoms with Crippen LogP contribution in [0.4, 0.5) is 16.2 Å². The summed E-state index contributed by atoms with van der Waals surface area (Å²) in [6.07, 6.45) is 1.38. The largest absolute Gasteiger partial charge is 0.487 e. The average molecular weight is 692 g/mol. The van der Waals surface area contributed by atoms with E-state index in [-0.39, 0.29) is 30.3 Å². The second-order valence-corrected chi connectivity index (χ2v) is 10.0. The van der Waals surface area contributed by atoms with Crippen LogP contribution in [0, 0.1) is 13.7 Å². The minimum Gasteiger partial charge on any atom is -0.487 e. The van der Waals surface area contributed by atoms with E-state index in [1.54, 1.807) is 30.3 Å². The number of barbiturate groups is 1. The first-order chi connectivity index (χ1) is 18.2. The van der Waals surface area contributed by atoms with Gasteiger partial charge in [0.05, 0.1) is 18.7 Å². The Morgan fingerprint density at radius 3 is 2.66 bits per heavy atom. The highest BCUT2D eigenvalue weighted by atomic mass is 127. The molecular formula is C25H15BrIN3O8. The van der Waals surface area contributed by atoms with Gasteiger partial charge in [-0.05, 0) is 80.0 Å². The van der Waals surface area contributed by atoms with Crippen LogP contribution >= 0.6 is 38.5 Å². The van der Waals surface area contributed by atoms with Crippen molar-refractivity contribution in [2.75, 3.05) is 11.7 Å². The van der Waals surface area contributed by atoms with E-state index in [1.165, 1.54) is 30.3 Å². The Balaban J connectivity index is 1.39. The van der Waals surface area contributed by atoms with Crippen LogP contribution in [0.2, 0.25) is 0 Å². The summed E-state index contributed by atoms with van der Waals surface area (Å²) in [5.74, 6) is -0.276. The van der Waals surface area contributed by atoms with E-state index in [1.807, 2.05) is 22.6 Å². The summed E-state index contributed by atoms with van der Waals surface area (Å²) in [5.41, 5.74) is 1.06. The van der Waals surface area contributed by atoms with Gasteiger partial charge in [0.25, 0.3) is 17.5 Å². The number of halogens is 2. The molecule has 192 valence electrons. The van der Waals surface area contributed by atoms with Crippen LogP contribution in [0.1, 0.15) is 11.1 Å². The van der Waals surface area contributed by atoms with Crippen LogP contribution in [0.15, 0.2) is 64.6 Å². The summed E-state index contributed by atoms with van der Waals surface area (Å²) in [4.78, 5) is 49.7. The monoisotopic (exact) mass is 691 g/mol. The molecular weight excluding hydrogens is 677 g/mol. The molecule has 0 saturated carbocycles. The fourth-order valence-corrected chi connectivity index (χ4v) is 5.57. The Labute approximate surface area is 236 Å². The standard InChI is InChI=1S/C25H15BrIN3O8/c26-18-8-14(9-19(27)22(18)36-11-13-2-1-3-16(6-13)30(34)35)7-17-23(31)28-25(33)29(24(17)32)15-4-5-20-21(10-15)38-12-37-20/h1-10H,11-12H2,(H,28,31,33)/b17-7+. The fraction of sp³-hybridized carbons (Fsp3) is 0.0800. The maximum atomic E-state index is 13.2. The molecule has 0 bridgehead atoms. The van der Waals surface area contributed by atoms with E-state index in [9.17, 15) is 24.5 Å². The summed E-state index contributed by atoms with van der Waals surface area (Å²) in [7, 11) is 0. The third-order valence-corrected chi connectivity index (χ3v) is 6.94. The van der Waals surface area contributed by atoms with Crippen molar-refractivity contribution in [2.45, 2.75) is 6.61 Å². The van der Waals surface area contributed by atoms with Gasteiger partial charge in [0.15, 0.2) is 11.5 Å². The van der Waals surface area contributed by atoms with E-state index in [0.29, 0.717) is 36.4 Å². The molecule has 0 unspecified atom stereocenters. The Morgan fingerprint density at radius 2 is 1.89 bits per heavy atom. The van der Waals surface area contributed by atoms with E-state index in [0.717, 1.165) is 4.90 Å². The van der Waals surface area contributed by atoms with Crippen molar-refractivity contribution in [3.05, 3.63) is 89.5 Å². The van der Waals surface area contributed by atoms with Crippen molar-refractivity contribution < 1.29 is 33.5 Å². The van der Waals surface area contributed by atoms with Gasteiger partial charge in [0.2, 0.25) is 6.79 Å². The number of ether oxygens (including phenoxy) is 3. The molecule has 1 N–H and O–H groups in total. The van der Waals surface area contributed by atoms with Crippen LogP contribution in [-0.4, -0.2) is 29.6 Å². The first-order valence-corrected chi connectivity index (χ1v) is 12.7. The number of anilines is 1. The van der Waals surface area contributed by atoms with Crippen LogP contribution in [-0.2, 0) is 16.2 Å².